The Kier molecular flexibility index (Phi) is 5.97. The van der Waals surface area contributed by atoms with E-state index in [9.17, 15) is 14.9 Å². The summed E-state index contributed by atoms with van der Waals surface area (Å²) < 4.78 is 4.71. The summed E-state index contributed by atoms with van der Waals surface area (Å²) >= 11 is 7.21. The first-order chi connectivity index (χ1) is 13.3. The van der Waals surface area contributed by atoms with Gasteiger partial charge < -0.3 is 4.74 Å². The number of nitriles is 1. The molecule has 0 radical (unpaired) electrons. The van der Waals surface area contributed by atoms with Crippen molar-refractivity contribution in [2.75, 3.05) is 12.9 Å². The van der Waals surface area contributed by atoms with E-state index in [0.29, 0.717) is 28.5 Å². The van der Waals surface area contributed by atoms with Crippen LogP contribution in [0.2, 0.25) is 5.02 Å². The predicted molar refractivity (Wildman–Crippen MR) is 110 cm³/mol. The van der Waals surface area contributed by atoms with E-state index in [0.717, 1.165) is 11.3 Å². The second-order valence-electron chi connectivity index (χ2n) is 7.79. The highest BCUT2D eigenvalue weighted by Gasteiger charge is 2.46. The number of esters is 1. The van der Waals surface area contributed by atoms with Gasteiger partial charge in [-0.05, 0) is 29.5 Å². The Morgan fingerprint density at radius 2 is 2.00 bits per heavy atom. The highest BCUT2D eigenvalue weighted by molar-refractivity contribution is 8.03. The third kappa shape index (κ3) is 4.16. The van der Waals surface area contributed by atoms with Gasteiger partial charge in [-0.25, -0.2) is 4.99 Å². The summed E-state index contributed by atoms with van der Waals surface area (Å²) in [5.74, 6) is -1.10. The van der Waals surface area contributed by atoms with Crippen LogP contribution in [0.4, 0.5) is 0 Å². The molecule has 7 heteroatoms. The zero-order valence-corrected chi connectivity index (χ0v) is 17.6. The van der Waals surface area contributed by atoms with Gasteiger partial charge in [-0.1, -0.05) is 49.3 Å². The molecule has 0 aromatic heterocycles. The van der Waals surface area contributed by atoms with Gasteiger partial charge in [0.2, 0.25) is 0 Å². The number of hydrogen-bond donors (Lipinski definition) is 0. The number of methoxy groups -OCH3 is 1. The molecular formula is C21H21ClN2O3S. The van der Waals surface area contributed by atoms with Crippen LogP contribution in [-0.2, 0) is 14.3 Å². The number of halogens is 1. The Labute approximate surface area is 173 Å². The van der Waals surface area contributed by atoms with Gasteiger partial charge in [0.05, 0.1) is 30.4 Å². The molecule has 0 bridgehead atoms. The molecule has 1 saturated carbocycles. The van der Waals surface area contributed by atoms with Crippen molar-refractivity contribution in [2.45, 2.75) is 32.6 Å². The number of hydrogen-bond acceptors (Lipinski definition) is 6. The van der Waals surface area contributed by atoms with Crippen molar-refractivity contribution < 1.29 is 14.3 Å². The molecule has 1 fully saturated rings. The van der Waals surface area contributed by atoms with Crippen LogP contribution in [0, 0.1) is 22.7 Å². The largest absolute Gasteiger partial charge is 0.468 e. The number of ketones is 1. The van der Waals surface area contributed by atoms with Crippen molar-refractivity contribution in [3.05, 3.63) is 45.5 Å². The van der Waals surface area contributed by atoms with Gasteiger partial charge in [0.1, 0.15) is 10.8 Å². The number of nitrogens with zero attached hydrogens (tertiary/aromatic N) is 2. The Balaban J connectivity index is 2.11. The van der Waals surface area contributed by atoms with Crippen molar-refractivity contribution in [1.29, 1.82) is 5.26 Å². The fourth-order valence-electron chi connectivity index (χ4n) is 3.85. The maximum atomic E-state index is 13.1. The van der Waals surface area contributed by atoms with E-state index >= 15 is 0 Å². The number of allylic oxidation sites excluding steroid dienone is 1. The number of carbonyl (C=O) groups is 2. The molecule has 1 unspecified atom stereocenters. The van der Waals surface area contributed by atoms with Crippen LogP contribution in [0.1, 0.15) is 38.2 Å². The van der Waals surface area contributed by atoms with E-state index in [-0.39, 0.29) is 22.9 Å². The van der Waals surface area contributed by atoms with E-state index < -0.39 is 11.8 Å². The number of carbonyl (C=O) groups excluding carboxylic acids is 2. The standard InChI is InChI=1S/C21H21ClN2O3S/c1-21(2)8-15-19(16(25)9-21)18(12-4-6-13(22)7-5-12)14(10-23)20(24-15)28-11-17(26)27-3/h4-7,18-19H,8-9,11H2,1-3H3/t18-,19?/m0/s1. The smallest absolute Gasteiger partial charge is 0.316 e. The molecule has 2 atom stereocenters. The number of Topliss-reactive ketones (excluding diaryl/α,β-unsaturated/α-hetero) is 1. The third-order valence-corrected chi connectivity index (χ3v) is 6.26. The summed E-state index contributed by atoms with van der Waals surface area (Å²) in [4.78, 5) is 29.3. The maximum absolute atomic E-state index is 13.1. The van der Waals surface area contributed by atoms with Gasteiger partial charge >= 0.3 is 5.97 Å². The average Bonchev–Trinajstić information content (AvgIpc) is 2.64. The first-order valence-corrected chi connectivity index (χ1v) is 10.3. The second-order valence-corrected chi connectivity index (χ2v) is 9.19. The fourth-order valence-corrected chi connectivity index (χ4v) is 4.86. The third-order valence-electron chi connectivity index (χ3n) is 5.04. The molecular weight excluding hydrogens is 396 g/mol. The zero-order valence-electron chi connectivity index (χ0n) is 16.0. The summed E-state index contributed by atoms with van der Waals surface area (Å²) in [7, 11) is 1.32. The lowest BCUT2D eigenvalue weighted by Crippen LogP contribution is -2.42. The lowest BCUT2D eigenvalue weighted by molar-refractivity contribution is -0.137. The minimum atomic E-state index is -0.452. The lowest BCUT2D eigenvalue weighted by atomic mass is 9.64. The molecule has 146 valence electrons. The summed E-state index contributed by atoms with van der Waals surface area (Å²) in [6, 6.07) is 9.47. The van der Waals surface area contributed by atoms with Crippen molar-refractivity contribution in [2.24, 2.45) is 16.3 Å². The quantitative estimate of drug-likeness (QED) is 0.674. The van der Waals surface area contributed by atoms with Crippen LogP contribution in [0.3, 0.4) is 0 Å². The van der Waals surface area contributed by atoms with E-state index in [1.54, 1.807) is 12.1 Å². The lowest BCUT2D eigenvalue weighted by Gasteiger charge is -2.40. The Hall–Kier alpha value is -2.10. The highest BCUT2D eigenvalue weighted by Crippen LogP contribution is 2.48. The molecule has 2 aliphatic rings. The van der Waals surface area contributed by atoms with E-state index in [2.05, 4.69) is 11.1 Å². The van der Waals surface area contributed by atoms with Gasteiger partial charge in [-0.2, -0.15) is 5.26 Å². The average molecular weight is 417 g/mol. The summed E-state index contributed by atoms with van der Waals surface area (Å²) in [5, 5.41) is 11.0. The molecule has 1 aromatic carbocycles. The Bertz CT molecular complexity index is 913. The Morgan fingerprint density at radius 3 is 2.61 bits per heavy atom. The normalized spacial score (nSPS) is 23.5. The molecule has 0 spiro atoms. The number of fused-ring (bicyclic) bond motifs is 1. The van der Waals surface area contributed by atoms with Crippen LogP contribution >= 0.6 is 23.4 Å². The molecule has 0 amide bonds. The van der Waals surface area contributed by atoms with Gasteiger partial charge in [-0.15, -0.1) is 0 Å². The topological polar surface area (TPSA) is 79.5 Å². The van der Waals surface area contributed by atoms with Crippen molar-refractivity contribution >= 4 is 40.8 Å². The first-order valence-electron chi connectivity index (χ1n) is 8.95. The van der Waals surface area contributed by atoms with E-state index in [4.69, 9.17) is 16.3 Å². The number of rotatable bonds is 4. The monoisotopic (exact) mass is 416 g/mol. The van der Waals surface area contributed by atoms with Crippen LogP contribution in [0.25, 0.3) is 0 Å². The SMILES string of the molecule is COC(=O)CSC1=C(C#N)[C@H](c2ccc(Cl)cc2)C2C(=O)CC(C)(C)CC2=N1. The molecule has 0 N–H and O–H groups in total. The number of benzene rings is 1. The number of thioether (sulfide) groups is 1. The molecule has 1 aliphatic carbocycles. The van der Waals surface area contributed by atoms with E-state index in [1.165, 1.54) is 18.9 Å². The minimum absolute atomic E-state index is 0.0587. The van der Waals surface area contributed by atoms with Crippen LogP contribution < -0.4 is 0 Å². The Morgan fingerprint density at radius 1 is 1.32 bits per heavy atom. The van der Waals surface area contributed by atoms with Crippen LogP contribution in [-0.4, -0.2) is 30.3 Å². The fraction of sp³-hybridized carbons (Fsp3) is 0.429. The van der Waals surface area contributed by atoms with Crippen molar-refractivity contribution in [1.82, 2.24) is 0 Å². The summed E-state index contributed by atoms with van der Waals surface area (Å²) in [6.07, 6.45) is 1.12. The van der Waals surface area contributed by atoms with Gasteiger partial charge in [-0.3, -0.25) is 9.59 Å². The molecule has 1 heterocycles. The van der Waals surface area contributed by atoms with Crippen molar-refractivity contribution in [3.63, 3.8) is 0 Å². The number of ether oxygens (including phenoxy) is 1. The van der Waals surface area contributed by atoms with Gasteiger partial charge in [0, 0.05) is 23.1 Å². The molecule has 1 aromatic rings. The van der Waals surface area contributed by atoms with Gasteiger partial charge in [0.25, 0.3) is 0 Å². The molecule has 0 saturated heterocycles. The second kappa shape index (κ2) is 8.10. The molecule has 28 heavy (non-hydrogen) atoms. The molecule has 3 rings (SSSR count). The van der Waals surface area contributed by atoms with E-state index in [1.807, 2.05) is 26.0 Å². The van der Waals surface area contributed by atoms with Gasteiger partial charge in [0.15, 0.2) is 0 Å². The van der Waals surface area contributed by atoms with Crippen LogP contribution in [0.15, 0.2) is 39.9 Å². The van der Waals surface area contributed by atoms with Crippen LogP contribution in [0.5, 0.6) is 0 Å². The van der Waals surface area contributed by atoms with Crippen molar-refractivity contribution in [3.8, 4) is 6.07 Å². The zero-order chi connectivity index (χ0) is 20.5. The molecule has 5 nitrogen and oxygen atoms in total. The maximum Gasteiger partial charge on any atom is 0.316 e. The highest BCUT2D eigenvalue weighted by atomic mass is 35.5. The molecule has 1 aliphatic heterocycles. The summed E-state index contributed by atoms with van der Waals surface area (Å²) in [5.41, 5.74) is 1.87. The minimum Gasteiger partial charge on any atom is -0.468 e. The summed E-state index contributed by atoms with van der Waals surface area (Å²) in [6.45, 7) is 4.09. The predicted octanol–water partition coefficient (Wildman–Crippen LogP) is 4.52. The number of aliphatic imine (C=N–C) groups is 1. The first kappa shape index (κ1) is 20.6.